The fraction of sp³-hybridized carbons (Fsp3) is 0.476. The minimum atomic E-state index is -0.301. The van der Waals surface area contributed by atoms with Gasteiger partial charge in [-0.25, -0.2) is 4.68 Å². The minimum absolute atomic E-state index is 0.181. The number of carbonyl (C=O) groups is 1. The van der Waals surface area contributed by atoms with Crippen molar-refractivity contribution >= 4 is 17.3 Å². The van der Waals surface area contributed by atoms with Gasteiger partial charge in [-0.05, 0) is 31.2 Å². The Kier molecular flexibility index (Phi) is 6.81. The summed E-state index contributed by atoms with van der Waals surface area (Å²) in [7, 11) is 0. The van der Waals surface area contributed by atoms with Crippen molar-refractivity contribution in [3.63, 3.8) is 0 Å². The number of likely N-dealkylation sites (N-methyl/N-ethyl adjacent to an activating group) is 1. The highest BCUT2D eigenvalue weighted by Crippen LogP contribution is 2.27. The SMILES string of the molecule is CCCCn1nc(C(=O)Nc2ccccc2N2CCN(CC)CC2)ccc1=O. The van der Waals surface area contributed by atoms with E-state index in [0.29, 0.717) is 6.54 Å². The van der Waals surface area contributed by atoms with Gasteiger partial charge in [-0.1, -0.05) is 32.4 Å². The van der Waals surface area contributed by atoms with Crippen LogP contribution in [0.4, 0.5) is 11.4 Å². The highest BCUT2D eigenvalue weighted by molar-refractivity contribution is 6.04. The lowest BCUT2D eigenvalue weighted by molar-refractivity contribution is 0.101. The maximum atomic E-state index is 12.8. The van der Waals surface area contributed by atoms with E-state index in [-0.39, 0.29) is 17.2 Å². The van der Waals surface area contributed by atoms with E-state index in [2.05, 4.69) is 34.1 Å². The summed E-state index contributed by atoms with van der Waals surface area (Å²) < 4.78 is 1.37. The van der Waals surface area contributed by atoms with Gasteiger partial charge in [-0.2, -0.15) is 5.10 Å². The lowest BCUT2D eigenvalue weighted by Gasteiger charge is -2.36. The van der Waals surface area contributed by atoms with Crippen molar-refractivity contribution < 1.29 is 4.79 Å². The van der Waals surface area contributed by atoms with Gasteiger partial charge >= 0.3 is 0 Å². The lowest BCUT2D eigenvalue weighted by atomic mass is 10.2. The number of nitrogens with zero attached hydrogens (tertiary/aromatic N) is 4. The smallest absolute Gasteiger partial charge is 0.276 e. The normalized spacial score (nSPS) is 14.9. The van der Waals surface area contributed by atoms with E-state index in [1.54, 1.807) is 0 Å². The van der Waals surface area contributed by atoms with Crippen LogP contribution in [0, 0.1) is 0 Å². The number of carbonyl (C=O) groups excluding carboxylic acids is 1. The summed E-state index contributed by atoms with van der Waals surface area (Å²) in [6.07, 6.45) is 1.81. The first kappa shape index (κ1) is 20.1. The number of piperazine rings is 1. The summed E-state index contributed by atoms with van der Waals surface area (Å²) in [5, 5.41) is 7.22. The van der Waals surface area contributed by atoms with Crippen molar-refractivity contribution in [3.05, 3.63) is 52.4 Å². The molecule has 28 heavy (non-hydrogen) atoms. The van der Waals surface area contributed by atoms with Crippen molar-refractivity contribution in [2.24, 2.45) is 0 Å². The molecule has 0 aliphatic carbocycles. The van der Waals surface area contributed by atoms with Gasteiger partial charge in [0, 0.05) is 38.8 Å². The number of hydrogen-bond donors (Lipinski definition) is 1. The van der Waals surface area contributed by atoms with Crippen LogP contribution in [-0.4, -0.2) is 53.3 Å². The van der Waals surface area contributed by atoms with E-state index in [9.17, 15) is 9.59 Å². The third kappa shape index (κ3) is 4.78. The molecule has 150 valence electrons. The first-order valence-corrected chi connectivity index (χ1v) is 10.1. The molecular weight excluding hydrogens is 354 g/mol. The molecule has 7 heteroatoms. The fourth-order valence-electron chi connectivity index (χ4n) is 3.38. The molecule has 0 atom stereocenters. The summed E-state index contributed by atoms with van der Waals surface area (Å²) in [6, 6.07) is 10.7. The van der Waals surface area contributed by atoms with Crippen LogP contribution in [0.25, 0.3) is 0 Å². The maximum absolute atomic E-state index is 12.8. The number of hydrogen-bond acceptors (Lipinski definition) is 5. The fourth-order valence-corrected chi connectivity index (χ4v) is 3.38. The van der Waals surface area contributed by atoms with Crippen molar-refractivity contribution in [2.45, 2.75) is 33.2 Å². The Labute approximate surface area is 166 Å². The Hall–Kier alpha value is -2.67. The van der Waals surface area contributed by atoms with Crippen molar-refractivity contribution in [1.82, 2.24) is 14.7 Å². The quantitative estimate of drug-likeness (QED) is 0.795. The van der Waals surface area contributed by atoms with E-state index in [1.165, 1.54) is 16.8 Å². The molecule has 0 unspecified atom stereocenters. The third-order valence-corrected chi connectivity index (χ3v) is 5.14. The summed E-state index contributed by atoms with van der Waals surface area (Å²) in [5.74, 6) is -0.301. The molecule has 1 N–H and O–H groups in total. The Morgan fingerprint density at radius 2 is 1.82 bits per heavy atom. The van der Waals surface area contributed by atoms with Gasteiger partial charge in [0.15, 0.2) is 0 Å². The van der Waals surface area contributed by atoms with Crippen LogP contribution in [0.3, 0.4) is 0 Å². The first-order chi connectivity index (χ1) is 13.6. The van der Waals surface area contributed by atoms with E-state index in [1.807, 2.05) is 24.3 Å². The van der Waals surface area contributed by atoms with E-state index < -0.39 is 0 Å². The summed E-state index contributed by atoms with van der Waals surface area (Å²) in [4.78, 5) is 29.4. The van der Waals surface area contributed by atoms with E-state index in [4.69, 9.17) is 0 Å². The predicted octanol–water partition coefficient (Wildman–Crippen LogP) is 2.44. The largest absolute Gasteiger partial charge is 0.367 e. The van der Waals surface area contributed by atoms with Crippen LogP contribution < -0.4 is 15.8 Å². The van der Waals surface area contributed by atoms with Crippen LogP contribution in [0.5, 0.6) is 0 Å². The number of para-hydroxylation sites is 2. The van der Waals surface area contributed by atoms with Crippen molar-refractivity contribution in [1.29, 1.82) is 0 Å². The Morgan fingerprint density at radius 3 is 2.54 bits per heavy atom. The molecule has 1 fully saturated rings. The second kappa shape index (κ2) is 9.50. The number of anilines is 2. The molecule has 1 aliphatic heterocycles. The predicted molar refractivity (Wildman–Crippen MR) is 112 cm³/mol. The van der Waals surface area contributed by atoms with Gasteiger partial charge in [0.2, 0.25) is 0 Å². The van der Waals surface area contributed by atoms with Gasteiger partial charge in [-0.3, -0.25) is 9.59 Å². The van der Waals surface area contributed by atoms with Gasteiger partial charge in [0.25, 0.3) is 11.5 Å². The van der Waals surface area contributed by atoms with Crippen LogP contribution in [0.2, 0.25) is 0 Å². The number of aromatic nitrogens is 2. The molecule has 2 aromatic rings. The molecule has 1 saturated heterocycles. The molecule has 1 aliphatic rings. The number of unbranched alkanes of at least 4 members (excludes halogenated alkanes) is 1. The Bertz CT molecular complexity index is 856. The second-order valence-corrected chi connectivity index (χ2v) is 7.03. The summed E-state index contributed by atoms with van der Waals surface area (Å²) in [5.41, 5.74) is 1.86. The van der Waals surface area contributed by atoms with Gasteiger partial charge in [-0.15, -0.1) is 0 Å². The number of amides is 1. The Morgan fingerprint density at radius 1 is 1.07 bits per heavy atom. The molecule has 0 saturated carbocycles. The lowest BCUT2D eigenvalue weighted by Crippen LogP contribution is -2.46. The number of nitrogens with one attached hydrogen (secondary N) is 1. The molecule has 3 rings (SSSR count). The summed E-state index contributed by atoms with van der Waals surface area (Å²) in [6.45, 7) is 9.71. The topological polar surface area (TPSA) is 70.5 Å². The van der Waals surface area contributed by atoms with Crippen molar-refractivity contribution in [2.75, 3.05) is 42.9 Å². The molecule has 2 heterocycles. The van der Waals surface area contributed by atoms with Gasteiger partial charge < -0.3 is 15.1 Å². The molecule has 0 radical (unpaired) electrons. The molecule has 0 bridgehead atoms. The second-order valence-electron chi connectivity index (χ2n) is 7.03. The first-order valence-electron chi connectivity index (χ1n) is 10.1. The Balaban J connectivity index is 1.75. The van der Waals surface area contributed by atoms with Crippen LogP contribution in [0.1, 0.15) is 37.2 Å². The summed E-state index contributed by atoms with van der Waals surface area (Å²) >= 11 is 0. The minimum Gasteiger partial charge on any atom is -0.367 e. The number of benzene rings is 1. The van der Waals surface area contributed by atoms with Crippen LogP contribution in [0.15, 0.2) is 41.2 Å². The molecule has 1 aromatic heterocycles. The highest BCUT2D eigenvalue weighted by Gasteiger charge is 2.19. The van der Waals surface area contributed by atoms with E-state index >= 15 is 0 Å². The van der Waals surface area contributed by atoms with E-state index in [0.717, 1.165) is 56.9 Å². The third-order valence-electron chi connectivity index (χ3n) is 5.14. The zero-order valence-electron chi connectivity index (χ0n) is 16.7. The maximum Gasteiger partial charge on any atom is 0.276 e. The average Bonchev–Trinajstić information content (AvgIpc) is 2.73. The van der Waals surface area contributed by atoms with Crippen LogP contribution >= 0.6 is 0 Å². The standard InChI is InChI=1S/C21H29N5O2/c1-3-5-12-26-20(27)11-10-18(23-26)21(28)22-17-8-6-7-9-19(17)25-15-13-24(4-2)14-16-25/h6-11H,3-5,12-16H2,1-2H3,(H,22,28). The molecule has 1 amide bonds. The number of rotatable bonds is 7. The van der Waals surface area contributed by atoms with Crippen molar-refractivity contribution in [3.8, 4) is 0 Å². The number of aryl methyl sites for hydroxylation is 1. The molecule has 1 aromatic carbocycles. The molecular formula is C21H29N5O2. The molecule has 0 spiro atoms. The average molecular weight is 383 g/mol. The highest BCUT2D eigenvalue weighted by atomic mass is 16.2. The zero-order chi connectivity index (χ0) is 19.9. The van der Waals surface area contributed by atoms with Gasteiger partial charge in [0.1, 0.15) is 5.69 Å². The van der Waals surface area contributed by atoms with Gasteiger partial charge in [0.05, 0.1) is 11.4 Å². The zero-order valence-corrected chi connectivity index (χ0v) is 16.7. The molecule has 7 nitrogen and oxygen atoms in total. The van der Waals surface area contributed by atoms with Crippen LogP contribution in [-0.2, 0) is 6.54 Å². The monoisotopic (exact) mass is 383 g/mol.